The van der Waals surface area contributed by atoms with Gasteiger partial charge in [-0.05, 0) is 23.6 Å². The van der Waals surface area contributed by atoms with Gasteiger partial charge in [0.25, 0.3) is 0 Å². The number of carbonyl (C=O) groups excluding carboxylic acids is 2. The van der Waals surface area contributed by atoms with E-state index in [1.165, 1.54) is 26.5 Å². The zero-order valence-corrected chi connectivity index (χ0v) is 19.4. The molecule has 2 atom stereocenters. The Balaban J connectivity index is 1.62. The Morgan fingerprint density at radius 1 is 1.21 bits per heavy atom. The van der Waals surface area contributed by atoms with Gasteiger partial charge in [-0.3, -0.25) is 14.6 Å². The second-order valence-electron chi connectivity index (χ2n) is 8.26. The number of hydrogen-bond acceptors (Lipinski definition) is 7. The summed E-state index contributed by atoms with van der Waals surface area (Å²) in [6.07, 6.45) is 3.06. The van der Waals surface area contributed by atoms with Crippen LogP contribution in [0.3, 0.4) is 0 Å². The fraction of sp³-hybridized carbons (Fsp3) is 0.240. The van der Waals surface area contributed by atoms with Gasteiger partial charge in [-0.2, -0.15) is 0 Å². The van der Waals surface area contributed by atoms with Crippen LogP contribution in [-0.2, 0) is 4.79 Å². The number of carbonyl (C=O) groups is 2. The second-order valence-corrected chi connectivity index (χ2v) is 8.64. The van der Waals surface area contributed by atoms with E-state index in [2.05, 4.69) is 9.98 Å². The van der Waals surface area contributed by atoms with Crippen LogP contribution in [0.25, 0.3) is 10.9 Å². The second kappa shape index (κ2) is 7.92. The molecule has 2 heterocycles. The average Bonchev–Trinajstić information content (AvgIpc) is 3.41. The van der Waals surface area contributed by atoms with E-state index in [9.17, 15) is 14.7 Å². The Bertz CT molecular complexity index is 1420. The third-order valence-electron chi connectivity index (χ3n) is 6.39. The number of rotatable bonds is 4. The van der Waals surface area contributed by atoms with E-state index in [4.69, 9.17) is 25.8 Å². The van der Waals surface area contributed by atoms with Crippen LogP contribution in [0.15, 0.2) is 52.9 Å². The topological polar surface area (TPSA) is 110 Å². The van der Waals surface area contributed by atoms with Crippen LogP contribution >= 0.6 is 11.6 Å². The van der Waals surface area contributed by atoms with Crippen molar-refractivity contribution in [1.29, 1.82) is 0 Å². The van der Waals surface area contributed by atoms with Crippen molar-refractivity contribution in [3.05, 3.63) is 58.4 Å². The lowest BCUT2D eigenvalue weighted by Gasteiger charge is -2.36. The fourth-order valence-corrected chi connectivity index (χ4v) is 4.83. The summed E-state index contributed by atoms with van der Waals surface area (Å²) in [5, 5.41) is 12.4. The number of nitrogens with one attached hydrogen (secondary N) is 1. The molecule has 0 radical (unpaired) electrons. The number of Topliss-reactive ketones (excluding diaryl/α,β-unsaturated/α-hetero) is 2. The molecular formula is C25H21ClN2O6. The van der Waals surface area contributed by atoms with Crippen molar-refractivity contribution < 1.29 is 28.9 Å². The normalized spacial score (nSPS) is 22.1. The van der Waals surface area contributed by atoms with Crippen molar-refractivity contribution in [3.63, 3.8) is 0 Å². The van der Waals surface area contributed by atoms with Gasteiger partial charge in [-0.1, -0.05) is 24.6 Å². The zero-order valence-electron chi connectivity index (χ0n) is 18.6. The minimum Gasteiger partial charge on any atom is -0.507 e. The highest BCUT2D eigenvalue weighted by atomic mass is 35.5. The molecule has 0 saturated heterocycles. The Morgan fingerprint density at radius 2 is 1.97 bits per heavy atom. The van der Waals surface area contributed by atoms with Gasteiger partial charge in [0.05, 0.1) is 25.5 Å². The molecule has 8 nitrogen and oxygen atoms in total. The van der Waals surface area contributed by atoms with Gasteiger partial charge in [0.2, 0.25) is 11.4 Å². The minimum atomic E-state index is -1.83. The molecule has 34 heavy (non-hydrogen) atoms. The number of hydrogen-bond donors (Lipinski definition) is 2. The quantitative estimate of drug-likeness (QED) is 0.510. The maximum absolute atomic E-state index is 13.7. The van der Waals surface area contributed by atoms with Gasteiger partial charge >= 0.3 is 0 Å². The lowest BCUT2D eigenvalue weighted by atomic mass is 9.73. The highest BCUT2D eigenvalue weighted by Gasteiger charge is 2.60. The summed E-state index contributed by atoms with van der Waals surface area (Å²) >= 11 is 6.44. The summed E-state index contributed by atoms with van der Waals surface area (Å²) in [6, 6.07) is 8.92. The Hall–Kier alpha value is -3.78. The standard InChI is InChI=1S/C25H21ClN2O6/c1-12-8-17(29)15(11-28-14-5-4-13-6-7-27-16(13)9-14)23(30)25(12)24(31)20-18(32-2)10-19(33-3)21(26)22(20)34-25/h4-7,9-12,27,30H,8H2,1-3H3. The average molecular weight is 481 g/mol. The molecule has 2 aromatic carbocycles. The molecule has 1 aliphatic carbocycles. The van der Waals surface area contributed by atoms with Crippen molar-refractivity contribution in [3.8, 4) is 17.2 Å². The molecule has 0 fully saturated rings. The van der Waals surface area contributed by atoms with Gasteiger partial charge in [0, 0.05) is 36.3 Å². The van der Waals surface area contributed by atoms with Crippen LogP contribution in [0.2, 0.25) is 5.02 Å². The Morgan fingerprint density at radius 3 is 2.71 bits per heavy atom. The van der Waals surface area contributed by atoms with Gasteiger partial charge in [0.15, 0.2) is 17.3 Å². The maximum Gasteiger partial charge on any atom is 0.231 e. The number of ether oxygens (including phenoxy) is 3. The van der Waals surface area contributed by atoms with Crippen LogP contribution in [0.4, 0.5) is 5.69 Å². The third kappa shape index (κ3) is 3.02. The summed E-state index contributed by atoms with van der Waals surface area (Å²) in [7, 11) is 2.84. The summed E-state index contributed by atoms with van der Waals surface area (Å²) in [5.41, 5.74) is -0.368. The number of H-pyrrole nitrogens is 1. The van der Waals surface area contributed by atoms with E-state index >= 15 is 0 Å². The molecule has 1 spiro atoms. The number of ketones is 2. The summed E-state index contributed by atoms with van der Waals surface area (Å²) < 4.78 is 16.7. The van der Waals surface area contributed by atoms with E-state index in [0.29, 0.717) is 5.69 Å². The molecule has 5 rings (SSSR count). The van der Waals surface area contributed by atoms with Crippen LogP contribution in [-0.4, -0.2) is 47.7 Å². The molecule has 2 unspecified atom stereocenters. The highest BCUT2D eigenvalue weighted by Crippen LogP contribution is 2.54. The van der Waals surface area contributed by atoms with Crippen LogP contribution in [0, 0.1) is 5.92 Å². The number of aromatic nitrogens is 1. The molecule has 2 N–H and O–H groups in total. The minimum absolute atomic E-state index is 0.0299. The first-order valence-corrected chi connectivity index (χ1v) is 11.0. The van der Waals surface area contributed by atoms with Crippen LogP contribution < -0.4 is 14.2 Å². The number of aromatic amines is 1. The fourth-order valence-electron chi connectivity index (χ4n) is 4.57. The Labute approximate surface area is 199 Å². The zero-order chi connectivity index (χ0) is 24.2. The lowest BCUT2D eigenvalue weighted by molar-refractivity contribution is -0.118. The number of nitrogens with zero attached hydrogens (tertiary/aromatic N) is 1. The molecule has 0 bridgehead atoms. The number of fused-ring (bicyclic) bond motifs is 2. The molecule has 0 amide bonds. The van der Waals surface area contributed by atoms with Crippen LogP contribution in [0.5, 0.6) is 17.2 Å². The molecule has 1 aliphatic heterocycles. The molecular weight excluding hydrogens is 460 g/mol. The Kier molecular flexibility index (Phi) is 5.13. The number of allylic oxidation sites excluding steroid dienone is 1. The maximum atomic E-state index is 13.7. The molecule has 0 saturated carbocycles. The molecule has 2 aliphatic rings. The molecule has 3 aromatic rings. The number of methoxy groups -OCH3 is 2. The van der Waals surface area contributed by atoms with Gasteiger partial charge in [-0.25, -0.2) is 0 Å². The predicted molar refractivity (Wildman–Crippen MR) is 127 cm³/mol. The van der Waals surface area contributed by atoms with E-state index in [0.717, 1.165) is 10.9 Å². The molecule has 9 heteroatoms. The number of aliphatic hydroxyl groups excluding tert-OH is 1. The predicted octanol–water partition coefficient (Wildman–Crippen LogP) is 4.98. The van der Waals surface area contributed by atoms with Gasteiger partial charge in [0.1, 0.15) is 22.1 Å². The summed E-state index contributed by atoms with van der Waals surface area (Å²) in [5.74, 6) is -1.55. The van der Waals surface area contributed by atoms with Crippen molar-refractivity contribution in [1.82, 2.24) is 4.98 Å². The van der Waals surface area contributed by atoms with Crippen LogP contribution in [0.1, 0.15) is 23.7 Å². The summed E-state index contributed by atoms with van der Waals surface area (Å²) in [6.45, 7) is 1.67. The lowest BCUT2D eigenvalue weighted by Crippen LogP contribution is -2.52. The van der Waals surface area contributed by atoms with Crippen molar-refractivity contribution in [2.45, 2.75) is 18.9 Å². The van der Waals surface area contributed by atoms with Gasteiger partial charge in [-0.15, -0.1) is 0 Å². The van der Waals surface area contributed by atoms with Crippen molar-refractivity contribution in [2.24, 2.45) is 10.9 Å². The largest absolute Gasteiger partial charge is 0.507 e. The first-order chi connectivity index (χ1) is 16.3. The molecule has 174 valence electrons. The number of aliphatic hydroxyl groups is 1. The van der Waals surface area contributed by atoms with E-state index in [1.54, 1.807) is 13.0 Å². The summed E-state index contributed by atoms with van der Waals surface area (Å²) in [4.78, 5) is 34.0. The van der Waals surface area contributed by atoms with E-state index in [1.807, 2.05) is 24.4 Å². The van der Waals surface area contributed by atoms with E-state index < -0.39 is 23.1 Å². The van der Waals surface area contributed by atoms with Crippen molar-refractivity contribution in [2.75, 3.05) is 14.2 Å². The smallest absolute Gasteiger partial charge is 0.231 e. The number of benzene rings is 2. The number of halogens is 1. The third-order valence-corrected chi connectivity index (χ3v) is 6.75. The number of aliphatic imine (C=N–C) groups is 1. The SMILES string of the molecule is COc1cc(OC)c2c(c1Cl)OC1(C2=O)C(O)=C(C=Nc2ccc3cc[nH]c3c2)C(=O)CC1C. The van der Waals surface area contributed by atoms with Gasteiger partial charge < -0.3 is 24.3 Å². The molecule has 1 aromatic heterocycles. The highest BCUT2D eigenvalue weighted by molar-refractivity contribution is 6.35. The monoisotopic (exact) mass is 480 g/mol. The first kappa shape index (κ1) is 22.0. The van der Waals surface area contributed by atoms with Crippen molar-refractivity contribution >= 4 is 46.0 Å². The van der Waals surface area contributed by atoms with E-state index in [-0.39, 0.29) is 45.6 Å². The first-order valence-electron chi connectivity index (χ1n) is 10.6.